The molecule has 3 N–H and O–H groups in total. The molecule has 0 bridgehead atoms. The van der Waals surface area contributed by atoms with Crippen LogP contribution in [0, 0.1) is 11.8 Å². The van der Waals surface area contributed by atoms with Crippen molar-refractivity contribution in [3.8, 4) is 23.0 Å². The largest absolute Gasteiger partial charge is 0.507 e. The number of rotatable bonds is 15. The molecule has 3 rings (SSSR count). The summed E-state index contributed by atoms with van der Waals surface area (Å²) in [4.78, 5) is 37.9. The molecule has 12 nitrogen and oxygen atoms in total. The molecule has 0 spiro atoms. The van der Waals surface area contributed by atoms with Gasteiger partial charge in [-0.1, -0.05) is 0 Å². The highest BCUT2D eigenvalue weighted by Crippen LogP contribution is 2.34. The summed E-state index contributed by atoms with van der Waals surface area (Å²) in [5.41, 5.74) is -0.0790. The third-order valence-corrected chi connectivity index (χ3v) is 6.66. The number of ether oxygens (including phenoxy) is 6. The molecule has 1 saturated carbocycles. The molecule has 1 fully saturated rings. The number of aliphatic hydroxyl groups is 1. The zero-order chi connectivity index (χ0) is 30.5. The lowest BCUT2D eigenvalue weighted by molar-refractivity contribution is -0.145. The summed E-state index contributed by atoms with van der Waals surface area (Å²) in [5, 5.41) is 30.4. The molecule has 0 radical (unpaired) electrons. The number of aliphatic hydroxyl groups excluding tert-OH is 1. The first-order valence-corrected chi connectivity index (χ1v) is 13.9. The zero-order valence-electron chi connectivity index (χ0n) is 23.8. The highest BCUT2D eigenvalue weighted by atomic mass is 16.6. The van der Waals surface area contributed by atoms with Gasteiger partial charge in [0.1, 0.15) is 35.2 Å². The van der Waals surface area contributed by atoms with Crippen molar-refractivity contribution in [2.24, 2.45) is 11.8 Å². The average Bonchev–Trinajstić information content (AvgIpc) is 2.99. The highest BCUT2D eigenvalue weighted by Gasteiger charge is 2.32. The zero-order valence-corrected chi connectivity index (χ0v) is 23.8. The van der Waals surface area contributed by atoms with Crippen molar-refractivity contribution in [3.05, 3.63) is 47.5 Å². The summed E-state index contributed by atoms with van der Waals surface area (Å²) < 4.78 is 31.5. The number of carbonyl (C=O) groups excluding carboxylic acids is 3. The van der Waals surface area contributed by atoms with Gasteiger partial charge < -0.3 is 43.7 Å². The first-order valence-electron chi connectivity index (χ1n) is 13.9. The van der Waals surface area contributed by atoms with Gasteiger partial charge in [0.05, 0.1) is 37.2 Å². The second-order valence-electron chi connectivity index (χ2n) is 9.54. The Kier molecular flexibility index (Phi) is 13.0. The molecule has 0 saturated heterocycles. The van der Waals surface area contributed by atoms with Crippen molar-refractivity contribution in [2.75, 3.05) is 39.6 Å². The minimum absolute atomic E-state index is 0.0149. The number of phenols is 2. The lowest BCUT2D eigenvalue weighted by Gasteiger charge is -2.26. The predicted octanol–water partition coefficient (Wildman–Crippen LogP) is 3.65. The van der Waals surface area contributed by atoms with Gasteiger partial charge >= 0.3 is 17.9 Å². The molecule has 1 unspecified atom stereocenters. The van der Waals surface area contributed by atoms with Crippen LogP contribution in [-0.4, -0.2) is 72.9 Å². The molecular formula is C30H38O12. The molecule has 2 aromatic carbocycles. The van der Waals surface area contributed by atoms with Gasteiger partial charge in [0, 0.05) is 13.2 Å². The molecule has 1 aliphatic rings. The van der Waals surface area contributed by atoms with E-state index in [4.69, 9.17) is 28.4 Å². The van der Waals surface area contributed by atoms with E-state index < -0.39 is 36.0 Å². The van der Waals surface area contributed by atoms with Gasteiger partial charge in [-0.2, -0.15) is 0 Å². The number of hydrogen-bond donors (Lipinski definition) is 3. The van der Waals surface area contributed by atoms with E-state index in [0.717, 1.165) is 0 Å². The van der Waals surface area contributed by atoms with Gasteiger partial charge in [-0.25, -0.2) is 4.79 Å². The van der Waals surface area contributed by atoms with Gasteiger partial charge in [-0.3, -0.25) is 9.59 Å². The number of esters is 3. The first kappa shape index (κ1) is 32.8. The normalized spacial score (nSPS) is 17.3. The molecule has 0 aliphatic heterocycles. The van der Waals surface area contributed by atoms with Crippen LogP contribution >= 0.6 is 0 Å². The van der Waals surface area contributed by atoms with E-state index in [-0.39, 0.29) is 60.6 Å². The summed E-state index contributed by atoms with van der Waals surface area (Å²) in [5.74, 6) is -2.98. The van der Waals surface area contributed by atoms with Crippen LogP contribution in [0.4, 0.5) is 0 Å². The Morgan fingerprint density at radius 1 is 0.762 bits per heavy atom. The summed E-state index contributed by atoms with van der Waals surface area (Å²) in [6.45, 7) is 5.25. The fourth-order valence-corrected chi connectivity index (χ4v) is 4.37. The average molecular weight is 591 g/mol. The maximum absolute atomic E-state index is 12.8. The Balaban J connectivity index is 1.50. The first-order chi connectivity index (χ1) is 20.2. The predicted molar refractivity (Wildman–Crippen MR) is 147 cm³/mol. The fraction of sp³-hybridized carbons (Fsp3) is 0.500. The number of carbonyl (C=O) groups is 3. The molecule has 230 valence electrons. The molecule has 42 heavy (non-hydrogen) atoms. The maximum atomic E-state index is 12.8. The van der Waals surface area contributed by atoms with Gasteiger partial charge in [-0.15, -0.1) is 0 Å². The number of benzene rings is 2. The number of aromatic hydroxyl groups is 2. The van der Waals surface area contributed by atoms with Gasteiger partial charge in [-0.05, 0) is 75.9 Å². The van der Waals surface area contributed by atoms with Crippen molar-refractivity contribution in [1.29, 1.82) is 0 Å². The van der Waals surface area contributed by atoms with E-state index in [1.165, 1.54) is 36.4 Å². The molecule has 0 aromatic heterocycles. The van der Waals surface area contributed by atoms with Crippen LogP contribution in [0.2, 0.25) is 0 Å². The van der Waals surface area contributed by atoms with Crippen molar-refractivity contribution in [1.82, 2.24) is 0 Å². The van der Waals surface area contributed by atoms with Crippen molar-refractivity contribution in [2.45, 2.75) is 45.8 Å². The summed E-state index contributed by atoms with van der Waals surface area (Å²) in [7, 11) is 0. The van der Waals surface area contributed by atoms with Gasteiger partial charge in [0.2, 0.25) is 0 Å². The summed E-state index contributed by atoms with van der Waals surface area (Å²) in [6, 6.07) is 7.91. The lowest BCUT2D eigenvalue weighted by Crippen LogP contribution is -2.30. The highest BCUT2D eigenvalue weighted by molar-refractivity contribution is 5.93. The molecule has 2 aromatic rings. The molecular weight excluding hydrogens is 552 g/mol. The Hall–Kier alpha value is -3.71. The summed E-state index contributed by atoms with van der Waals surface area (Å²) >= 11 is 0. The third-order valence-electron chi connectivity index (χ3n) is 6.66. The van der Waals surface area contributed by atoms with Crippen molar-refractivity contribution >= 4 is 17.9 Å². The molecule has 12 heteroatoms. The quantitative estimate of drug-likeness (QED) is 0.119. The topological polar surface area (TPSA) is 167 Å². The minimum atomic E-state index is -1.43. The molecule has 1 atom stereocenters. The Bertz CT molecular complexity index is 1190. The van der Waals surface area contributed by atoms with E-state index in [9.17, 15) is 29.7 Å². The fourth-order valence-electron chi connectivity index (χ4n) is 4.37. The van der Waals surface area contributed by atoms with Crippen LogP contribution in [0.5, 0.6) is 23.0 Å². The van der Waals surface area contributed by atoms with Crippen LogP contribution in [0.15, 0.2) is 36.4 Å². The van der Waals surface area contributed by atoms with Crippen LogP contribution < -0.4 is 9.47 Å². The Morgan fingerprint density at radius 3 is 1.86 bits per heavy atom. The van der Waals surface area contributed by atoms with Crippen LogP contribution in [-0.2, 0) is 28.5 Å². The molecule has 0 heterocycles. The van der Waals surface area contributed by atoms with Gasteiger partial charge in [0.25, 0.3) is 0 Å². The van der Waals surface area contributed by atoms with E-state index in [0.29, 0.717) is 38.9 Å². The van der Waals surface area contributed by atoms with E-state index in [1.807, 2.05) is 13.8 Å². The second kappa shape index (κ2) is 16.7. The van der Waals surface area contributed by atoms with Gasteiger partial charge in [0.15, 0.2) is 6.29 Å². The van der Waals surface area contributed by atoms with Crippen LogP contribution in [0.3, 0.4) is 0 Å². The third kappa shape index (κ3) is 9.69. The van der Waals surface area contributed by atoms with E-state index in [2.05, 4.69) is 0 Å². The molecule has 1 aliphatic carbocycles. The lowest BCUT2D eigenvalue weighted by atomic mass is 9.82. The SMILES string of the molecule is CCOCCOC(=O)c1cc(OC(=O)C2CCC(C(=O)Oc3ccc(O)c(C(O)OCCOCC)c3)CC2)ccc1O. The Labute approximate surface area is 244 Å². The number of phenolic OH excluding ortho intramolecular Hbond substituents is 2. The Morgan fingerprint density at radius 2 is 1.29 bits per heavy atom. The van der Waals surface area contributed by atoms with E-state index >= 15 is 0 Å². The smallest absolute Gasteiger partial charge is 0.342 e. The summed E-state index contributed by atoms with van der Waals surface area (Å²) in [6.07, 6.45) is 0.118. The standard InChI is InChI=1S/C30H38O12/c1-3-37-13-15-39-29(35)23-17-21(9-11-25(23)31)41-27(33)19-5-7-20(8-6-19)28(34)42-22-10-12-26(32)24(18-22)30(36)40-16-14-38-4-2/h9-12,17-20,29,31-32,35H,3-8,13-16H2,1-2H3. The van der Waals surface area contributed by atoms with Crippen LogP contribution in [0.1, 0.15) is 61.7 Å². The van der Waals surface area contributed by atoms with Crippen molar-refractivity contribution in [3.63, 3.8) is 0 Å². The minimum Gasteiger partial charge on any atom is -0.507 e. The van der Waals surface area contributed by atoms with Crippen molar-refractivity contribution < 1.29 is 58.1 Å². The number of hydrogen-bond acceptors (Lipinski definition) is 12. The van der Waals surface area contributed by atoms with Crippen LogP contribution in [0.25, 0.3) is 0 Å². The monoisotopic (exact) mass is 590 g/mol. The maximum Gasteiger partial charge on any atom is 0.342 e. The molecule has 0 amide bonds. The van der Waals surface area contributed by atoms with E-state index in [1.54, 1.807) is 0 Å². The second-order valence-corrected chi connectivity index (χ2v) is 9.54.